The Morgan fingerprint density at radius 2 is 2.33 bits per heavy atom. The third-order valence-corrected chi connectivity index (χ3v) is 3.49. The second-order valence-electron chi connectivity index (χ2n) is 4.82. The van der Waals surface area contributed by atoms with Crippen LogP contribution in [0.2, 0.25) is 5.02 Å². The van der Waals surface area contributed by atoms with Crippen molar-refractivity contribution in [2.45, 2.75) is 32.4 Å². The molecule has 0 spiro atoms. The van der Waals surface area contributed by atoms with E-state index in [0.717, 1.165) is 42.4 Å². The minimum atomic E-state index is 0.300. The van der Waals surface area contributed by atoms with Gasteiger partial charge in [-0.3, -0.25) is 4.90 Å². The van der Waals surface area contributed by atoms with Crippen LogP contribution in [0.4, 0.5) is 0 Å². The van der Waals surface area contributed by atoms with Crippen LogP contribution in [0, 0.1) is 0 Å². The van der Waals surface area contributed by atoms with Crippen LogP contribution in [0.1, 0.15) is 25.3 Å². The van der Waals surface area contributed by atoms with Gasteiger partial charge in [0.05, 0.1) is 6.61 Å². The van der Waals surface area contributed by atoms with E-state index in [-0.39, 0.29) is 0 Å². The van der Waals surface area contributed by atoms with E-state index in [1.165, 1.54) is 6.42 Å². The van der Waals surface area contributed by atoms with Crippen molar-refractivity contribution in [1.29, 1.82) is 0 Å². The zero-order chi connectivity index (χ0) is 13.0. The number of hydrogen-bond acceptors (Lipinski definition) is 3. The highest BCUT2D eigenvalue weighted by atomic mass is 35.5. The Hall–Kier alpha value is -0.770. The van der Waals surface area contributed by atoms with Crippen molar-refractivity contribution in [3.8, 4) is 5.75 Å². The summed E-state index contributed by atoms with van der Waals surface area (Å²) in [7, 11) is 0. The normalized spacial score (nSPS) is 20.9. The number of benzene rings is 1. The van der Waals surface area contributed by atoms with E-state index in [1.807, 2.05) is 25.1 Å². The van der Waals surface area contributed by atoms with Crippen LogP contribution in [0.25, 0.3) is 0 Å². The third-order valence-electron chi connectivity index (χ3n) is 3.26. The van der Waals surface area contributed by atoms with Gasteiger partial charge in [-0.25, -0.2) is 0 Å². The molecule has 1 fully saturated rings. The molecule has 1 aromatic rings. The lowest BCUT2D eigenvalue weighted by atomic mass is 10.1. The molecule has 0 amide bonds. The monoisotopic (exact) mass is 268 g/mol. The summed E-state index contributed by atoms with van der Waals surface area (Å²) >= 11 is 6.06. The predicted molar refractivity (Wildman–Crippen MR) is 75.1 cm³/mol. The topological polar surface area (TPSA) is 38.5 Å². The van der Waals surface area contributed by atoms with Gasteiger partial charge >= 0.3 is 0 Å². The minimum Gasteiger partial charge on any atom is -0.494 e. The Kier molecular flexibility index (Phi) is 4.87. The van der Waals surface area contributed by atoms with Crippen molar-refractivity contribution in [3.05, 3.63) is 28.8 Å². The molecule has 1 heterocycles. The SMILES string of the molecule is CCOc1ccc(Cl)cc1CN1CCC[C@@H](N)C1. The largest absolute Gasteiger partial charge is 0.494 e. The molecule has 0 unspecified atom stereocenters. The van der Waals surface area contributed by atoms with E-state index >= 15 is 0 Å². The lowest BCUT2D eigenvalue weighted by Gasteiger charge is -2.31. The van der Waals surface area contributed by atoms with Crippen molar-refractivity contribution in [1.82, 2.24) is 4.90 Å². The number of nitrogens with two attached hydrogens (primary N) is 1. The first-order chi connectivity index (χ1) is 8.69. The molecule has 1 aliphatic rings. The molecule has 18 heavy (non-hydrogen) atoms. The quantitative estimate of drug-likeness (QED) is 0.912. The molecule has 100 valence electrons. The van der Waals surface area contributed by atoms with Crippen LogP contribution in [-0.4, -0.2) is 30.6 Å². The molecule has 4 heteroatoms. The summed E-state index contributed by atoms with van der Waals surface area (Å²) in [5, 5.41) is 0.759. The molecule has 2 rings (SSSR count). The van der Waals surface area contributed by atoms with E-state index in [2.05, 4.69) is 4.90 Å². The summed E-state index contributed by atoms with van der Waals surface area (Å²) in [6.07, 6.45) is 2.30. The average molecular weight is 269 g/mol. The van der Waals surface area contributed by atoms with Crippen LogP contribution in [0.3, 0.4) is 0 Å². The van der Waals surface area contributed by atoms with E-state index in [4.69, 9.17) is 22.1 Å². The van der Waals surface area contributed by atoms with Crippen molar-refractivity contribution < 1.29 is 4.74 Å². The van der Waals surface area contributed by atoms with E-state index in [1.54, 1.807) is 0 Å². The van der Waals surface area contributed by atoms with Gasteiger partial charge in [-0.05, 0) is 44.5 Å². The summed E-state index contributed by atoms with van der Waals surface area (Å²) in [4.78, 5) is 2.38. The molecule has 1 aromatic carbocycles. The van der Waals surface area contributed by atoms with E-state index in [0.29, 0.717) is 12.6 Å². The molecule has 0 aromatic heterocycles. The Morgan fingerprint density at radius 3 is 3.06 bits per heavy atom. The highest BCUT2D eigenvalue weighted by molar-refractivity contribution is 6.30. The minimum absolute atomic E-state index is 0.300. The van der Waals surface area contributed by atoms with Crippen LogP contribution in [0.15, 0.2) is 18.2 Å². The second kappa shape index (κ2) is 6.41. The Bertz CT molecular complexity index is 397. The van der Waals surface area contributed by atoms with Gasteiger partial charge in [0.25, 0.3) is 0 Å². The van der Waals surface area contributed by atoms with Gasteiger partial charge in [-0.2, -0.15) is 0 Å². The zero-order valence-electron chi connectivity index (χ0n) is 10.9. The number of likely N-dealkylation sites (tertiary alicyclic amines) is 1. The number of nitrogens with zero attached hydrogens (tertiary/aromatic N) is 1. The number of hydrogen-bond donors (Lipinski definition) is 1. The van der Waals surface area contributed by atoms with Crippen molar-refractivity contribution >= 4 is 11.6 Å². The summed E-state index contributed by atoms with van der Waals surface area (Å²) in [6, 6.07) is 6.11. The van der Waals surface area contributed by atoms with Crippen LogP contribution in [0.5, 0.6) is 5.75 Å². The molecule has 2 N–H and O–H groups in total. The molecule has 1 saturated heterocycles. The molecular formula is C14H21ClN2O. The molecule has 3 nitrogen and oxygen atoms in total. The fourth-order valence-corrected chi connectivity index (χ4v) is 2.64. The Morgan fingerprint density at radius 1 is 1.50 bits per heavy atom. The number of ether oxygens (including phenoxy) is 1. The highest BCUT2D eigenvalue weighted by Crippen LogP contribution is 2.25. The summed E-state index contributed by atoms with van der Waals surface area (Å²) < 4.78 is 5.64. The van der Waals surface area contributed by atoms with Crippen molar-refractivity contribution in [2.75, 3.05) is 19.7 Å². The van der Waals surface area contributed by atoms with Crippen LogP contribution >= 0.6 is 11.6 Å². The molecule has 0 bridgehead atoms. The maximum atomic E-state index is 6.06. The van der Waals surface area contributed by atoms with E-state index in [9.17, 15) is 0 Å². The van der Waals surface area contributed by atoms with Gasteiger partial charge < -0.3 is 10.5 Å². The van der Waals surface area contributed by atoms with Gasteiger partial charge in [0.1, 0.15) is 5.75 Å². The summed E-state index contributed by atoms with van der Waals surface area (Å²) in [5.74, 6) is 0.932. The molecule has 1 atom stereocenters. The summed E-state index contributed by atoms with van der Waals surface area (Å²) in [6.45, 7) is 5.59. The van der Waals surface area contributed by atoms with E-state index < -0.39 is 0 Å². The maximum Gasteiger partial charge on any atom is 0.123 e. The first-order valence-corrected chi connectivity index (χ1v) is 6.96. The highest BCUT2D eigenvalue weighted by Gasteiger charge is 2.18. The maximum absolute atomic E-state index is 6.06. The Labute approximate surface area is 114 Å². The van der Waals surface area contributed by atoms with Crippen molar-refractivity contribution in [3.63, 3.8) is 0 Å². The zero-order valence-corrected chi connectivity index (χ0v) is 11.6. The van der Waals surface area contributed by atoms with Gasteiger partial charge in [-0.15, -0.1) is 0 Å². The number of halogens is 1. The van der Waals surface area contributed by atoms with Crippen LogP contribution in [-0.2, 0) is 6.54 Å². The second-order valence-corrected chi connectivity index (χ2v) is 5.26. The summed E-state index contributed by atoms with van der Waals surface area (Å²) in [5.41, 5.74) is 7.16. The third kappa shape index (κ3) is 3.61. The molecule has 0 aliphatic carbocycles. The number of piperidine rings is 1. The lowest BCUT2D eigenvalue weighted by molar-refractivity contribution is 0.198. The fraction of sp³-hybridized carbons (Fsp3) is 0.571. The fourth-order valence-electron chi connectivity index (χ4n) is 2.44. The number of rotatable bonds is 4. The molecular weight excluding hydrogens is 248 g/mol. The average Bonchev–Trinajstić information content (AvgIpc) is 2.33. The standard InChI is InChI=1S/C14H21ClN2O/c1-2-18-14-6-5-12(15)8-11(14)9-17-7-3-4-13(16)10-17/h5-6,8,13H,2-4,7,9-10,16H2,1H3/t13-/m1/s1. The van der Waals surface area contributed by atoms with Crippen LogP contribution < -0.4 is 10.5 Å². The molecule has 1 aliphatic heterocycles. The van der Waals surface area contributed by atoms with Gasteiger partial charge in [-0.1, -0.05) is 11.6 Å². The Balaban J connectivity index is 2.08. The predicted octanol–water partition coefficient (Wildman–Crippen LogP) is 2.66. The van der Waals surface area contributed by atoms with Crippen molar-refractivity contribution in [2.24, 2.45) is 5.73 Å². The molecule has 0 radical (unpaired) electrons. The van der Waals surface area contributed by atoms with Gasteiger partial charge in [0, 0.05) is 29.7 Å². The van der Waals surface area contributed by atoms with Gasteiger partial charge in [0.2, 0.25) is 0 Å². The molecule has 0 saturated carbocycles. The van der Waals surface area contributed by atoms with Gasteiger partial charge in [0.15, 0.2) is 0 Å². The first-order valence-electron chi connectivity index (χ1n) is 6.58. The first kappa shape index (κ1) is 13.7. The lowest BCUT2D eigenvalue weighted by Crippen LogP contribution is -2.42. The smallest absolute Gasteiger partial charge is 0.123 e.